The molecule has 0 fully saturated rings. The lowest BCUT2D eigenvalue weighted by atomic mass is 10.1. The Morgan fingerprint density at radius 1 is 1.05 bits per heavy atom. The Bertz CT molecular complexity index is 584. The third-order valence-corrected chi connectivity index (χ3v) is 2.79. The number of benzene rings is 2. The summed E-state index contributed by atoms with van der Waals surface area (Å²) in [6.45, 7) is 2.10. The minimum atomic E-state index is -0.451. The molecule has 0 aliphatic heterocycles. The van der Waals surface area contributed by atoms with Crippen LogP contribution in [0.25, 0.3) is 0 Å². The van der Waals surface area contributed by atoms with Gasteiger partial charge in [-0.2, -0.15) is 0 Å². The Kier molecular flexibility index (Phi) is 4.12. The molecule has 19 heavy (non-hydrogen) atoms. The van der Waals surface area contributed by atoms with Crippen molar-refractivity contribution in [2.75, 3.05) is 6.54 Å². The number of halogens is 2. The fourth-order valence-corrected chi connectivity index (χ4v) is 1.76. The van der Waals surface area contributed by atoms with Gasteiger partial charge in [0.05, 0.1) is 0 Å². The molecular weight excluding hydrogens is 248 g/mol. The summed E-state index contributed by atoms with van der Waals surface area (Å²) < 4.78 is 32.3. The molecule has 0 aliphatic rings. The lowest BCUT2D eigenvalue weighted by Crippen LogP contribution is -2.03. The van der Waals surface area contributed by atoms with Crippen molar-refractivity contribution in [2.24, 2.45) is 5.73 Å². The van der Waals surface area contributed by atoms with E-state index >= 15 is 0 Å². The highest BCUT2D eigenvalue weighted by molar-refractivity contribution is 5.36. The van der Waals surface area contributed by atoms with Crippen LogP contribution in [0.1, 0.15) is 11.1 Å². The molecule has 0 saturated carbocycles. The molecule has 4 heteroatoms. The average Bonchev–Trinajstić information content (AvgIpc) is 2.37. The van der Waals surface area contributed by atoms with Crippen LogP contribution in [-0.2, 0) is 6.42 Å². The van der Waals surface area contributed by atoms with E-state index < -0.39 is 5.82 Å². The molecule has 0 aliphatic carbocycles. The van der Waals surface area contributed by atoms with Gasteiger partial charge in [0.2, 0.25) is 0 Å². The van der Waals surface area contributed by atoms with Crippen molar-refractivity contribution in [2.45, 2.75) is 13.3 Å². The summed E-state index contributed by atoms with van der Waals surface area (Å²) in [7, 11) is 0. The van der Waals surface area contributed by atoms with Crippen LogP contribution in [0.3, 0.4) is 0 Å². The van der Waals surface area contributed by atoms with Crippen LogP contribution in [0.5, 0.6) is 11.5 Å². The smallest absolute Gasteiger partial charge is 0.165 e. The molecule has 2 aromatic carbocycles. The summed E-state index contributed by atoms with van der Waals surface area (Å²) in [6.07, 6.45) is 0.618. The maximum atomic E-state index is 13.8. The van der Waals surface area contributed by atoms with Crippen molar-refractivity contribution in [3.63, 3.8) is 0 Å². The van der Waals surface area contributed by atoms with Crippen molar-refractivity contribution in [1.29, 1.82) is 0 Å². The van der Waals surface area contributed by atoms with Gasteiger partial charge in [0.15, 0.2) is 11.6 Å². The zero-order valence-corrected chi connectivity index (χ0v) is 10.6. The summed E-state index contributed by atoms with van der Waals surface area (Å²) in [5, 5.41) is 0. The highest BCUT2D eigenvalue weighted by Gasteiger charge is 2.07. The molecule has 0 saturated heterocycles. The Morgan fingerprint density at radius 3 is 2.47 bits per heavy atom. The highest BCUT2D eigenvalue weighted by atomic mass is 19.1. The number of aryl methyl sites for hydroxylation is 1. The fraction of sp³-hybridized carbons (Fsp3) is 0.200. The molecule has 0 unspecified atom stereocenters. The third kappa shape index (κ3) is 3.29. The first kappa shape index (κ1) is 13.5. The van der Waals surface area contributed by atoms with E-state index in [0.29, 0.717) is 24.3 Å². The number of rotatable bonds is 4. The predicted octanol–water partition coefficient (Wildman–Crippen LogP) is 3.57. The summed E-state index contributed by atoms with van der Waals surface area (Å²) in [5.41, 5.74) is 6.69. The third-order valence-electron chi connectivity index (χ3n) is 2.79. The van der Waals surface area contributed by atoms with E-state index in [2.05, 4.69) is 0 Å². The highest BCUT2D eigenvalue weighted by Crippen LogP contribution is 2.26. The van der Waals surface area contributed by atoms with Gasteiger partial charge in [0.1, 0.15) is 11.6 Å². The lowest BCUT2D eigenvalue weighted by Gasteiger charge is -2.09. The standard InChI is InChI=1S/C15H15F2NO/c1-10-8-12(3-4-13(10)16)19-15-5-2-11(6-7-18)9-14(15)17/h2-5,8-9H,6-7,18H2,1H3. The van der Waals surface area contributed by atoms with Crippen molar-refractivity contribution < 1.29 is 13.5 Å². The molecule has 0 aromatic heterocycles. The van der Waals surface area contributed by atoms with Gasteiger partial charge in [-0.05, 0) is 61.3 Å². The maximum absolute atomic E-state index is 13.8. The van der Waals surface area contributed by atoms with Gasteiger partial charge in [-0.3, -0.25) is 0 Å². The van der Waals surface area contributed by atoms with E-state index in [-0.39, 0.29) is 11.6 Å². The number of nitrogens with two attached hydrogens (primary N) is 1. The largest absolute Gasteiger partial charge is 0.454 e. The number of ether oxygens (including phenoxy) is 1. The molecule has 2 aromatic rings. The van der Waals surface area contributed by atoms with Crippen molar-refractivity contribution in [1.82, 2.24) is 0 Å². The number of hydrogen-bond acceptors (Lipinski definition) is 2. The Morgan fingerprint density at radius 2 is 1.84 bits per heavy atom. The SMILES string of the molecule is Cc1cc(Oc2ccc(CCN)cc2F)ccc1F. The normalized spacial score (nSPS) is 10.5. The van der Waals surface area contributed by atoms with Gasteiger partial charge in [-0.25, -0.2) is 8.78 Å². The monoisotopic (exact) mass is 263 g/mol. The summed E-state index contributed by atoms with van der Waals surface area (Å²) >= 11 is 0. The average molecular weight is 263 g/mol. The van der Waals surface area contributed by atoms with E-state index in [4.69, 9.17) is 10.5 Å². The van der Waals surface area contributed by atoms with E-state index in [1.54, 1.807) is 19.1 Å². The van der Waals surface area contributed by atoms with Gasteiger partial charge in [0.25, 0.3) is 0 Å². The van der Waals surface area contributed by atoms with Gasteiger partial charge >= 0.3 is 0 Å². The minimum Gasteiger partial charge on any atom is -0.454 e. The van der Waals surface area contributed by atoms with Crippen LogP contribution < -0.4 is 10.5 Å². The van der Waals surface area contributed by atoms with E-state index in [9.17, 15) is 8.78 Å². The molecule has 2 rings (SSSR count). The van der Waals surface area contributed by atoms with Gasteiger partial charge in [-0.15, -0.1) is 0 Å². The second-order valence-electron chi connectivity index (χ2n) is 4.32. The van der Waals surface area contributed by atoms with E-state index in [1.807, 2.05) is 0 Å². The van der Waals surface area contributed by atoms with E-state index in [0.717, 1.165) is 5.56 Å². The molecule has 2 nitrogen and oxygen atoms in total. The summed E-state index contributed by atoms with van der Waals surface area (Å²) in [5.74, 6) is -0.241. The molecule has 0 spiro atoms. The first-order valence-electron chi connectivity index (χ1n) is 6.02. The second kappa shape index (κ2) is 5.80. The van der Waals surface area contributed by atoms with Crippen molar-refractivity contribution >= 4 is 0 Å². The van der Waals surface area contributed by atoms with Crippen LogP contribution in [-0.4, -0.2) is 6.54 Å². The lowest BCUT2D eigenvalue weighted by molar-refractivity contribution is 0.440. The predicted molar refractivity (Wildman–Crippen MR) is 70.4 cm³/mol. The Hall–Kier alpha value is -1.94. The first-order chi connectivity index (χ1) is 9.10. The van der Waals surface area contributed by atoms with Crippen LogP contribution in [0.2, 0.25) is 0 Å². The topological polar surface area (TPSA) is 35.2 Å². The van der Waals surface area contributed by atoms with E-state index in [1.165, 1.54) is 24.3 Å². The molecule has 0 bridgehead atoms. The van der Waals surface area contributed by atoms with Gasteiger partial charge in [0, 0.05) is 0 Å². The Labute approximate surface area is 110 Å². The summed E-state index contributed by atoms with van der Waals surface area (Å²) in [6, 6.07) is 9.02. The molecular formula is C15H15F2NO. The molecule has 2 N–H and O–H groups in total. The second-order valence-corrected chi connectivity index (χ2v) is 4.32. The number of hydrogen-bond donors (Lipinski definition) is 1. The zero-order valence-electron chi connectivity index (χ0n) is 10.6. The van der Waals surface area contributed by atoms with Crippen molar-refractivity contribution in [3.8, 4) is 11.5 Å². The van der Waals surface area contributed by atoms with Gasteiger partial charge < -0.3 is 10.5 Å². The molecule has 100 valence electrons. The molecule has 0 radical (unpaired) electrons. The quantitative estimate of drug-likeness (QED) is 0.915. The van der Waals surface area contributed by atoms with Crippen LogP contribution >= 0.6 is 0 Å². The van der Waals surface area contributed by atoms with Crippen molar-refractivity contribution in [3.05, 3.63) is 59.2 Å². The minimum absolute atomic E-state index is 0.117. The molecule has 0 heterocycles. The summed E-state index contributed by atoms with van der Waals surface area (Å²) in [4.78, 5) is 0. The molecule has 0 amide bonds. The zero-order chi connectivity index (χ0) is 13.8. The Balaban J connectivity index is 2.20. The first-order valence-corrected chi connectivity index (χ1v) is 6.02. The van der Waals surface area contributed by atoms with Crippen LogP contribution in [0.4, 0.5) is 8.78 Å². The van der Waals surface area contributed by atoms with Crippen LogP contribution in [0, 0.1) is 18.6 Å². The molecule has 0 atom stereocenters. The van der Waals surface area contributed by atoms with Gasteiger partial charge in [-0.1, -0.05) is 6.07 Å². The fourth-order valence-electron chi connectivity index (χ4n) is 1.76. The van der Waals surface area contributed by atoms with Crippen LogP contribution in [0.15, 0.2) is 36.4 Å². The maximum Gasteiger partial charge on any atom is 0.165 e.